The summed E-state index contributed by atoms with van der Waals surface area (Å²) in [6.45, 7) is 14.1. The zero-order valence-corrected chi connectivity index (χ0v) is 48.6. The van der Waals surface area contributed by atoms with E-state index in [0.29, 0.717) is 71.4 Å². The predicted octanol–water partition coefficient (Wildman–Crippen LogP) is 18.4. The molecule has 1 fully saturated rings. The molecule has 1 saturated heterocycles. The Morgan fingerprint density at radius 1 is 0.375 bits per heavy atom. The number of hydrogen-bond donors (Lipinski definition) is 1. The standard InChI is InChI=1S/C63H123NO8/c1-5-9-13-17-21-29-39-53-69-62(70-54-40-30-22-18-14-10-6-2)47-45-60(65)67-51-37-33-25-27-35-43-58-49-50-64-59(57-58)44-36-28-26-34-38-52-68-61(66)46-48-63(71-55-41-31-23-19-15-11-7-3)72-56-42-32-24-20-16-12-8-4/h58-59,62-64H,5-57H2,1-4H3. The van der Waals surface area contributed by atoms with Gasteiger partial charge in [-0.3, -0.25) is 9.59 Å². The fourth-order valence-corrected chi connectivity index (χ4v) is 10.2. The molecular weight excluding hydrogens is 899 g/mol. The lowest BCUT2D eigenvalue weighted by Gasteiger charge is -2.30. The molecule has 9 heteroatoms. The van der Waals surface area contributed by atoms with Gasteiger partial charge in [-0.2, -0.15) is 0 Å². The van der Waals surface area contributed by atoms with Gasteiger partial charge in [-0.25, -0.2) is 0 Å². The van der Waals surface area contributed by atoms with Crippen molar-refractivity contribution >= 4 is 11.9 Å². The molecule has 9 nitrogen and oxygen atoms in total. The van der Waals surface area contributed by atoms with Crippen LogP contribution in [-0.2, 0) is 38.0 Å². The summed E-state index contributed by atoms with van der Waals surface area (Å²) in [5.41, 5.74) is 0. The van der Waals surface area contributed by atoms with Crippen molar-refractivity contribution in [1.29, 1.82) is 0 Å². The molecule has 0 aromatic heterocycles. The number of rotatable bonds is 58. The van der Waals surface area contributed by atoms with Crippen molar-refractivity contribution in [2.24, 2.45) is 5.92 Å². The number of nitrogens with one attached hydrogen (secondary N) is 1. The summed E-state index contributed by atoms with van der Waals surface area (Å²) in [6.07, 6.45) is 53.4. The third-order valence-electron chi connectivity index (χ3n) is 15.0. The summed E-state index contributed by atoms with van der Waals surface area (Å²) in [7, 11) is 0. The number of hydrogen-bond acceptors (Lipinski definition) is 9. The minimum atomic E-state index is -0.307. The molecule has 2 unspecified atom stereocenters. The van der Waals surface area contributed by atoms with Gasteiger partial charge in [0, 0.05) is 45.3 Å². The van der Waals surface area contributed by atoms with Gasteiger partial charge in [-0.1, -0.05) is 240 Å². The van der Waals surface area contributed by atoms with Crippen LogP contribution in [-0.4, -0.2) is 76.7 Å². The average molecular weight is 1020 g/mol. The van der Waals surface area contributed by atoms with E-state index in [1.807, 2.05) is 0 Å². The van der Waals surface area contributed by atoms with Gasteiger partial charge in [0.2, 0.25) is 0 Å². The molecule has 2 atom stereocenters. The highest BCUT2D eigenvalue weighted by molar-refractivity contribution is 5.69. The molecule has 1 aliphatic rings. The molecule has 0 spiro atoms. The number of unbranched alkanes of at least 4 members (excludes halogenated alkanes) is 32. The van der Waals surface area contributed by atoms with E-state index in [2.05, 4.69) is 33.0 Å². The van der Waals surface area contributed by atoms with Crippen molar-refractivity contribution in [3.8, 4) is 0 Å². The lowest BCUT2D eigenvalue weighted by molar-refractivity contribution is -0.159. The summed E-state index contributed by atoms with van der Waals surface area (Å²) >= 11 is 0. The van der Waals surface area contributed by atoms with Crippen LogP contribution in [0.5, 0.6) is 0 Å². The van der Waals surface area contributed by atoms with Gasteiger partial charge < -0.3 is 33.7 Å². The van der Waals surface area contributed by atoms with Gasteiger partial charge in [0.25, 0.3) is 0 Å². The van der Waals surface area contributed by atoms with E-state index in [1.165, 1.54) is 218 Å². The van der Waals surface area contributed by atoms with Crippen LogP contribution >= 0.6 is 0 Å². The van der Waals surface area contributed by atoms with Crippen LogP contribution in [0.4, 0.5) is 0 Å². The zero-order valence-electron chi connectivity index (χ0n) is 48.6. The SMILES string of the molecule is CCCCCCCCCOC(CCC(=O)OCCCCCCCC1CCNC(CCCCCCCOC(=O)CCC(OCCCCCCCCC)OCCCCCCCCC)C1)OCCCCCCCCC. The Balaban J connectivity index is 2.14. The fourth-order valence-electron chi connectivity index (χ4n) is 10.2. The Kier molecular flexibility index (Phi) is 53.4. The summed E-state index contributed by atoms with van der Waals surface area (Å²) < 4.78 is 35.8. The van der Waals surface area contributed by atoms with Crippen LogP contribution in [0.25, 0.3) is 0 Å². The smallest absolute Gasteiger partial charge is 0.305 e. The molecule has 1 N–H and O–H groups in total. The van der Waals surface area contributed by atoms with Gasteiger partial charge in [-0.05, 0) is 70.3 Å². The maximum atomic E-state index is 12.6. The Labute approximate surface area is 447 Å². The zero-order chi connectivity index (χ0) is 51.9. The molecule has 1 heterocycles. The first-order chi connectivity index (χ1) is 35.5. The monoisotopic (exact) mass is 1020 g/mol. The average Bonchev–Trinajstić information content (AvgIpc) is 3.39. The Morgan fingerprint density at radius 3 is 1.01 bits per heavy atom. The van der Waals surface area contributed by atoms with Gasteiger partial charge in [0.1, 0.15) is 0 Å². The van der Waals surface area contributed by atoms with E-state index in [4.69, 9.17) is 28.4 Å². The van der Waals surface area contributed by atoms with E-state index in [-0.39, 0.29) is 24.5 Å². The first kappa shape index (κ1) is 68.8. The number of esters is 2. The molecule has 0 radical (unpaired) electrons. The van der Waals surface area contributed by atoms with Crippen LogP contribution in [0.1, 0.15) is 323 Å². The van der Waals surface area contributed by atoms with Crippen LogP contribution in [0, 0.1) is 5.92 Å². The molecule has 0 aliphatic carbocycles. The molecule has 0 aromatic rings. The van der Waals surface area contributed by atoms with E-state index >= 15 is 0 Å². The molecule has 0 aromatic carbocycles. The van der Waals surface area contributed by atoms with E-state index in [1.54, 1.807) is 0 Å². The molecule has 1 aliphatic heterocycles. The highest BCUT2D eigenvalue weighted by Crippen LogP contribution is 2.26. The second-order valence-electron chi connectivity index (χ2n) is 22.0. The van der Waals surface area contributed by atoms with Crippen LogP contribution < -0.4 is 5.32 Å². The lowest BCUT2D eigenvalue weighted by atomic mass is 9.86. The Morgan fingerprint density at radius 2 is 0.667 bits per heavy atom. The molecule has 0 saturated carbocycles. The molecule has 0 bridgehead atoms. The van der Waals surface area contributed by atoms with Crippen molar-refractivity contribution in [1.82, 2.24) is 5.32 Å². The summed E-state index contributed by atoms with van der Waals surface area (Å²) in [5.74, 6) is 0.607. The van der Waals surface area contributed by atoms with Crippen molar-refractivity contribution in [3.05, 3.63) is 0 Å². The summed E-state index contributed by atoms with van der Waals surface area (Å²) in [4.78, 5) is 25.2. The maximum absolute atomic E-state index is 12.6. The van der Waals surface area contributed by atoms with Gasteiger partial charge in [0.15, 0.2) is 12.6 Å². The third-order valence-corrected chi connectivity index (χ3v) is 15.0. The highest BCUT2D eigenvalue weighted by atomic mass is 16.7. The van der Waals surface area contributed by atoms with Crippen LogP contribution in [0.2, 0.25) is 0 Å². The Hall–Kier alpha value is -1.26. The van der Waals surface area contributed by atoms with Gasteiger partial charge >= 0.3 is 11.9 Å². The number of carbonyl (C=O) groups excluding carboxylic acids is 2. The molecule has 72 heavy (non-hydrogen) atoms. The van der Waals surface area contributed by atoms with Crippen LogP contribution in [0.15, 0.2) is 0 Å². The minimum Gasteiger partial charge on any atom is -0.466 e. The molecule has 428 valence electrons. The van der Waals surface area contributed by atoms with Crippen molar-refractivity contribution < 1.29 is 38.0 Å². The topological polar surface area (TPSA) is 102 Å². The number of carbonyl (C=O) groups is 2. The Bertz CT molecular complexity index is 988. The summed E-state index contributed by atoms with van der Waals surface area (Å²) in [5, 5.41) is 3.80. The highest BCUT2D eigenvalue weighted by Gasteiger charge is 2.21. The minimum absolute atomic E-state index is 0.118. The predicted molar refractivity (Wildman–Crippen MR) is 304 cm³/mol. The second-order valence-corrected chi connectivity index (χ2v) is 22.0. The summed E-state index contributed by atoms with van der Waals surface area (Å²) in [6, 6.07) is 0.658. The molecule has 0 amide bonds. The normalized spacial score (nSPS) is 15.0. The first-order valence-electron chi connectivity index (χ1n) is 32.0. The van der Waals surface area contributed by atoms with Crippen molar-refractivity contribution in [2.75, 3.05) is 46.2 Å². The van der Waals surface area contributed by atoms with Gasteiger partial charge in [-0.15, -0.1) is 0 Å². The number of piperidine rings is 1. The maximum Gasteiger partial charge on any atom is 0.305 e. The first-order valence-corrected chi connectivity index (χ1v) is 32.0. The third kappa shape index (κ3) is 48.4. The van der Waals surface area contributed by atoms with E-state index in [9.17, 15) is 9.59 Å². The molecule has 1 rings (SSSR count). The van der Waals surface area contributed by atoms with E-state index in [0.717, 1.165) is 63.8 Å². The lowest BCUT2D eigenvalue weighted by Crippen LogP contribution is -2.38. The van der Waals surface area contributed by atoms with Gasteiger partial charge in [0.05, 0.1) is 26.1 Å². The fraction of sp³-hybridized carbons (Fsp3) is 0.968. The largest absolute Gasteiger partial charge is 0.466 e. The second kappa shape index (κ2) is 56.0. The van der Waals surface area contributed by atoms with E-state index < -0.39 is 0 Å². The van der Waals surface area contributed by atoms with Crippen molar-refractivity contribution in [2.45, 2.75) is 342 Å². The number of ether oxygens (including phenoxy) is 6. The van der Waals surface area contributed by atoms with Crippen LogP contribution in [0.3, 0.4) is 0 Å². The quantitative estimate of drug-likeness (QED) is 0.0363. The van der Waals surface area contributed by atoms with Crippen molar-refractivity contribution in [3.63, 3.8) is 0 Å². The molecular formula is C63H123NO8.